The van der Waals surface area contributed by atoms with Crippen molar-refractivity contribution in [1.82, 2.24) is 9.80 Å². The van der Waals surface area contributed by atoms with E-state index < -0.39 is 10.0 Å². The molecule has 0 aromatic heterocycles. The quantitative estimate of drug-likeness (QED) is 0.735. The van der Waals surface area contributed by atoms with Crippen molar-refractivity contribution in [2.24, 2.45) is 10.3 Å². The van der Waals surface area contributed by atoms with Gasteiger partial charge in [-0.1, -0.05) is 49.6 Å². The van der Waals surface area contributed by atoms with E-state index in [1.54, 1.807) is 0 Å². The first-order valence-electron chi connectivity index (χ1n) is 11.1. The van der Waals surface area contributed by atoms with E-state index in [0.717, 1.165) is 13.0 Å². The summed E-state index contributed by atoms with van der Waals surface area (Å²) in [7, 11) is -3.70. The predicted octanol–water partition coefficient (Wildman–Crippen LogP) is 3.66. The molecule has 1 saturated heterocycles. The number of carbonyl (C=O) groups excluding carboxylic acids is 1. The van der Waals surface area contributed by atoms with Gasteiger partial charge in [-0.25, -0.2) is 0 Å². The van der Waals surface area contributed by atoms with Crippen LogP contribution in [-0.4, -0.2) is 56.1 Å². The Kier molecular flexibility index (Phi) is 6.27. The van der Waals surface area contributed by atoms with Crippen molar-refractivity contribution in [3.05, 3.63) is 41.5 Å². The Balaban J connectivity index is 1.45. The van der Waals surface area contributed by atoms with Crippen LogP contribution in [0.25, 0.3) is 4.91 Å². The van der Waals surface area contributed by atoms with Crippen LogP contribution in [0, 0.1) is 5.92 Å². The molecule has 4 rings (SSSR count). The van der Waals surface area contributed by atoms with Crippen LogP contribution in [0.1, 0.15) is 57.4 Å². The van der Waals surface area contributed by atoms with Crippen molar-refractivity contribution < 1.29 is 13.2 Å². The highest BCUT2D eigenvalue weighted by Crippen LogP contribution is 2.34. The van der Waals surface area contributed by atoms with E-state index in [9.17, 15) is 13.2 Å². The van der Waals surface area contributed by atoms with Crippen molar-refractivity contribution >= 4 is 26.7 Å². The van der Waals surface area contributed by atoms with E-state index in [1.165, 1.54) is 32.1 Å². The first kappa shape index (κ1) is 21.1. The Labute approximate surface area is 179 Å². The van der Waals surface area contributed by atoms with Crippen LogP contribution in [0.4, 0.5) is 0 Å². The molecule has 162 valence electrons. The summed E-state index contributed by atoms with van der Waals surface area (Å²) in [5, 5.41) is 0. The molecule has 0 unspecified atom stereocenters. The van der Waals surface area contributed by atoms with Gasteiger partial charge in [0, 0.05) is 38.2 Å². The normalized spacial score (nSPS) is 22.8. The monoisotopic (exact) mass is 429 g/mol. The lowest BCUT2D eigenvalue weighted by molar-refractivity contribution is -0.132. The maximum Gasteiger partial charge on any atom is 0.285 e. The summed E-state index contributed by atoms with van der Waals surface area (Å²) in [4.78, 5) is 17.1. The van der Waals surface area contributed by atoms with Crippen LogP contribution in [0.2, 0.25) is 0 Å². The highest BCUT2D eigenvalue weighted by atomic mass is 32.2. The fourth-order valence-electron chi connectivity index (χ4n) is 4.92. The lowest BCUT2D eigenvalue weighted by atomic mass is 9.86. The summed E-state index contributed by atoms with van der Waals surface area (Å²) in [6.07, 6.45) is 7.62. The summed E-state index contributed by atoms with van der Waals surface area (Å²) in [5.41, 5.74) is 1.37. The fraction of sp³-hybridized carbons (Fsp3) is 0.565. The Morgan fingerprint density at radius 1 is 1.00 bits per heavy atom. The van der Waals surface area contributed by atoms with E-state index in [1.807, 2.05) is 47.1 Å². The molecule has 0 N–H and O–H groups in total. The van der Waals surface area contributed by atoms with Crippen molar-refractivity contribution in [3.8, 4) is 0 Å². The minimum absolute atomic E-state index is 0.252. The first-order valence-corrected chi connectivity index (χ1v) is 12.5. The second-order valence-corrected chi connectivity index (χ2v) is 10.2. The van der Waals surface area contributed by atoms with Crippen LogP contribution in [0.3, 0.4) is 0 Å². The molecular weight excluding hydrogens is 398 g/mol. The second kappa shape index (κ2) is 8.92. The van der Waals surface area contributed by atoms with E-state index in [-0.39, 0.29) is 5.91 Å². The molecule has 0 spiro atoms. The summed E-state index contributed by atoms with van der Waals surface area (Å²) in [6, 6.07) is 9.16. The van der Waals surface area contributed by atoms with Gasteiger partial charge in [-0.05, 0) is 37.7 Å². The molecule has 30 heavy (non-hydrogen) atoms. The summed E-state index contributed by atoms with van der Waals surface area (Å²) in [6.45, 7) is 4.52. The van der Waals surface area contributed by atoms with Crippen LogP contribution in [0.15, 0.2) is 40.3 Å². The van der Waals surface area contributed by atoms with Gasteiger partial charge >= 0.3 is 0 Å². The Morgan fingerprint density at radius 3 is 2.47 bits per heavy atom. The lowest BCUT2D eigenvalue weighted by Gasteiger charge is -2.26. The first-order chi connectivity index (χ1) is 14.5. The molecule has 1 saturated carbocycles. The third-order valence-corrected chi connectivity index (χ3v) is 7.98. The second-order valence-electron chi connectivity index (χ2n) is 8.64. The Hall–Kier alpha value is -2.15. The van der Waals surface area contributed by atoms with E-state index >= 15 is 0 Å². The lowest BCUT2D eigenvalue weighted by Crippen LogP contribution is -2.38. The number of amidine groups is 1. The van der Waals surface area contributed by atoms with Gasteiger partial charge in [-0.2, -0.15) is 8.42 Å². The molecule has 2 aliphatic heterocycles. The number of hydrogen-bond donors (Lipinski definition) is 0. The maximum absolute atomic E-state index is 12.8. The number of sulfonamides is 1. The number of amides is 1. The highest BCUT2D eigenvalue weighted by Gasteiger charge is 2.34. The third-order valence-electron chi connectivity index (χ3n) is 6.51. The van der Waals surface area contributed by atoms with Crippen LogP contribution in [0.5, 0.6) is 0 Å². The van der Waals surface area contributed by atoms with Gasteiger partial charge in [0.05, 0.1) is 0 Å². The van der Waals surface area contributed by atoms with E-state index in [0.29, 0.717) is 53.9 Å². The standard InChI is InChI=1S/C23H31N3O3S/c1-18-22(20-11-6-3-7-12-20)30(28,29)24-23(18)26-14-8-13-25(15-16-26)21(27)17-19-9-4-2-5-10-19/h3,6-7,11-12,19H,2,4-5,8-10,13-17H2,1H3. The molecule has 7 heteroatoms. The van der Waals surface area contributed by atoms with Crippen LogP contribution in [-0.2, 0) is 14.8 Å². The zero-order valence-electron chi connectivity index (χ0n) is 17.7. The molecule has 1 amide bonds. The van der Waals surface area contributed by atoms with Gasteiger partial charge in [0.2, 0.25) is 5.91 Å². The molecule has 0 atom stereocenters. The summed E-state index contributed by atoms with van der Waals surface area (Å²) >= 11 is 0. The largest absolute Gasteiger partial charge is 0.354 e. The zero-order chi connectivity index (χ0) is 21.1. The molecular formula is C23H31N3O3S. The molecule has 1 aromatic rings. The molecule has 2 heterocycles. The number of nitrogens with zero attached hydrogens (tertiary/aromatic N) is 3. The highest BCUT2D eigenvalue weighted by molar-refractivity contribution is 8.00. The van der Waals surface area contributed by atoms with Gasteiger partial charge < -0.3 is 9.80 Å². The van der Waals surface area contributed by atoms with Crippen molar-refractivity contribution in [2.75, 3.05) is 26.2 Å². The average molecular weight is 430 g/mol. The molecule has 0 radical (unpaired) electrons. The third kappa shape index (κ3) is 4.46. The van der Waals surface area contributed by atoms with Crippen molar-refractivity contribution in [2.45, 2.75) is 51.9 Å². The van der Waals surface area contributed by atoms with Gasteiger partial charge in [0.1, 0.15) is 10.7 Å². The smallest absolute Gasteiger partial charge is 0.285 e. The fourth-order valence-corrected chi connectivity index (χ4v) is 6.40. The summed E-state index contributed by atoms with van der Waals surface area (Å²) < 4.78 is 29.7. The number of benzene rings is 1. The molecule has 1 aliphatic carbocycles. The molecule has 1 aromatic carbocycles. The minimum Gasteiger partial charge on any atom is -0.354 e. The number of rotatable bonds is 3. The van der Waals surface area contributed by atoms with Gasteiger partial charge in [-0.15, -0.1) is 4.40 Å². The van der Waals surface area contributed by atoms with Gasteiger partial charge in [-0.3, -0.25) is 4.79 Å². The van der Waals surface area contributed by atoms with Gasteiger partial charge in [0.25, 0.3) is 10.0 Å². The predicted molar refractivity (Wildman–Crippen MR) is 119 cm³/mol. The van der Waals surface area contributed by atoms with Crippen molar-refractivity contribution in [3.63, 3.8) is 0 Å². The minimum atomic E-state index is -3.70. The summed E-state index contributed by atoms with van der Waals surface area (Å²) in [5.74, 6) is 1.32. The van der Waals surface area contributed by atoms with Gasteiger partial charge in [0.15, 0.2) is 0 Å². The Morgan fingerprint density at radius 2 is 1.73 bits per heavy atom. The van der Waals surface area contributed by atoms with Crippen LogP contribution >= 0.6 is 0 Å². The zero-order valence-corrected chi connectivity index (χ0v) is 18.5. The maximum atomic E-state index is 12.8. The van der Waals surface area contributed by atoms with E-state index in [4.69, 9.17) is 0 Å². The number of carbonyl (C=O) groups is 1. The molecule has 2 fully saturated rings. The van der Waals surface area contributed by atoms with Crippen molar-refractivity contribution in [1.29, 1.82) is 0 Å². The molecule has 6 nitrogen and oxygen atoms in total. The van der Waals surface area contributed by atoms with Crippen LogP contribution < -0.4 is 0 Å². The number of hydrogen-bond acceptors (Lipinski definition) is 4. The van der Waals surface area contributed by atoms with E-state index in [2.05, 4.69) is 4.40 Å². The molecule has 0 bridgehead atoms. The average Bonchev–Trinajstić information content (AvgIpc) is 2.90. The SMILES string of the molecule is CC1=C(c2ccccc2)S(=O)(=O)N=C1N1CCCN(C(=O)CC2CCCCC2)CC1. The Bertz CT molecular complexity index is 947. The topological polar surface area (TPSA) is 70.1 Å². The molecule has 3 aliphatic rings.